The van der Waals surface area contributed by atoms with Crippen LogP contribution in [0.25, 0.3) is 11.1 Å². The maximum Gasteiger partial charge on any atom is 0.277 e. The first-order valence-electron chi connectivity index (χ1n) is 6.75. The Hall–Kier alpha value is -2.53. The third-order valence-electron chi connectivity index (χ3n) is 3.41. The highest BCUT2D eigenvalue weighted by molar-refractivity contribution is 5.94. The maximum atomic E-state index is 12.0. The van der Waals surface area contributed by atoms with Gasteiger partial charge < -0.3 is 9.47 Å². The number of amides is 1. The van der Waals surface area contributed by atoms with Crippen LogP contribution in [-0.2, 0) is 4.84 Å². The average molecular weight is 301 g/mol. The van der Waals surface area contributed by atoms with E-state index in [-0.39, 0.29) is 5.91 Å². The third kappa shape index (κ3) is 3.20. The number of rotatable bonds is 5. The molecule has 0 aliphatic heterocycles. The Kier molecular flexibility index (Phi) is 5.01. The largest absolute Gasteiger partial charge is 0.497 e. The molecule has 22 heavy (non-hydrogen) atoms. The number of hydroxylamine groups is 2. The van der Waals surface area contributed by atoms with Crippen molar-refractivity contribution in [2.75, 3.05) is 28.4 Å². The number of carbonyl (C=O) groups excluding carboxylic acids is 1. The first-order valence-corrected chi connectivity index (χ1v) is 6.75. The lowest BCUT2D eigenvalue weighted by Crippen LogP contribution is -2.25. The SMILES string of the molecule is COc1ccc(-c2ccc(C(=O)N(C)OC)cc2)c(OC)c1. The molecule has 0 spiro atoms. The van der Waals surface area contributed by atoms with Crippen molar-refractivity contribution in [1.29, 1.82) is 0 Å². The summed E-state index contributed by atoms with van der Waals surface area (Å²) in [5.41, 5.74) is 2.44. The number of carbonyl (C=O) groups is 1. The van der Waals surface area contributed by atoms with Crippen molar-refractivity contribution in [3.05, 3.63) is 48.0 Å². The lowest BCUT2D eigenvalue weighted by atomic mass is 10.0. The van der Waals surface area contributed by atoms with Gasteiger partial charge in [0.05, 0.1) is 21.3 Å². The first-order chi connectivity index (χ1) is 10.6. The zero-order chi connectivity index (χ0) is 16.1. The number of nitrogens with zero attached hydrogens (tertiary/aromatic N) is 1. The monoisotopic (exact) mass is 301 g/mol. The molecule has 5 heteroatoms. The second-order valence-corrected chi connectivity index (χ2v) is 4.63. The Labute approximate surface area is 130 Å². The summed E-state index contributed by atoms with van der Waals surface area (Å²) >= 11 is 0. The van der Waals surface area contributed by atoms with Crippen molar-refractivity contribution in [3.8, 4) is 22.6 Å². The van der Waals surface area contributed by atoms with Crippen LogP contribution in [0.15, 0.2) is 42.5 Å². The van der Waals surface area contributed by atoms with E-state index in [1.807, 2.05) is 30.3 Å². The molecule has 2 rings (SSSR count). The van der Waals surface area contributed by atoms with Crippen molar-refractivity contribution in [2.45, 2.75) is 0 Å². The van der Waals surface area contributed by atoms with Gasteiger partial charge >= 0.3 is 0 Å². The Morgan fingerprint density at radius 2 is 1.64 bits per heavy atom. The number of benzene rings is 2. The minimum Gasteiger partial charge on any atom is -0.497 e. The van der Waals surface area contributed by atoms with E-state index in [1.54, 1.807) is 33.4 Å². The predicted molar refractivity (Wildman–Crippen MR) is 84.1 cm³/mol. The number of hydrogen-bond acceptors (Lipinski definition) is 4. The Morgan fingerprint density at radius 1 is 0.955 bits per heavy atom. The van der Waals surface area contributed by atoms with Crippen molar-refractivity contribution < 1.29 is 19.1 Å². The zero-order valence-electron chi connectivity index (χ0n) is 13.1. The average Bonchev–Trinajstić information content (AvgIpc) is 2.59. The summed E-state index contributed by atoms with van der Waals surface area (Å²) in [6.45, 7) is 0. The van der Waals surface area contributed by atoms with Crippen molar-refractivity contribution >= 4 is 5.91 Å². The highest BCUT2D eigenvalue weighted by Gasteiger charge is 2.12. The molecule has 0 aliphatic rings. The highest BCUT2D eigenvalue weighted by Crippen LogP contribution is 2.33. The summed E-state index contributed by atoms with van der Waals surface area (Å²) in [5, 5.41) is 1.18. The quantitative estimate of drug-likeness (QED) is 0.797. The molecular weight excluding hydrogens is 282 g/mol. The topological polar surface area (TPSA) is 48.0 Å². The Bertz CT molecular complexity index is 652. The maximum absolute atomic E-state index is 12.0. The summed E-state index contributed by atoms with van der Waals surface area (Å²) in [5.74, 6) is 1.25. The van der Waals surface area contributed by atoms with Crippen LogP contribution in [0, 0.1) is 0 Å². The van der Waals surface area contributed by atoms with Crippen LogP contribution in [-0.4, -0.2) is 39.3 Å². The van der Waals surface area contributed by atoms with Crippen molar-refractivity contribution in [2.24, 2.45) is 0 Å². The van der Waals surface area contributed by atoms with Gasteiger partial charge in [0, 0.05) is 24.2 Å². The van der Waals surface area contributed by atoms with E-state index < -0.39 is 0 Å². The van der Waals surface area contributed by atoms with Gasteiger partial charge in [-0.25, -0.2) is 5.06 Å². The van der Waals surface area contributed by atoms with E-state index in [1.165, 1.54) is 12.2 Å². The predicted octanol–water partition coefficient (Wildman–Crippen LogP) is 3.00. The molecule has 0 saturated heterocycles. The smallest absolute Gasteiger partial charge is 0.277 e. The van der Waals surface area contributed by atoms with Gasteiger partial charge in [-0.15, -0.1) is 0 Å². The van der Waals surface area contributed by atoms with Crippen LogP contribution >= 0.6 is 0 Å². The van der Waals surface area contributed by atoms with Gasteiger partial charge in [0.15, 0.2) is 0 Å². The molecule has 0 fully saturated rings. The fraction of sp³-hybridized carbons (Fsp3) is 0.235. The van der Waals surface area contributed by atoms with Gasteiger partial charge in [0.1, 0.15) is 11.5 Å². The Balaban J connectivity index is 2.33. The minimum atomic E-state index is -0.198. The van der Waals surface area contributed by atoms with Crippen LogP contribution in [0.2, 0.25) is 0 Å². The van der Waals surface area contributed by atoms with E-state index in [0.717, 1.165) is 16.9 Å². The van der Waals surface area contributed by atoms with E-state index in [2.05, 4.69) is 0 Å². The van der Waals surface area contributed by atoms with Gasteiger partial charge in [-0.05, 0) is 29.8 Å². The van der Waals surface area contributed by atoms with Crippen LogP contribution in [0.4, 0.5) is 0 Å². The molecule has 0 aliphatic carbocycles. The van der Waals surface area contributed by atoms with Crippen LogP contribution in [0.3, 0.4) is 0 Å². The van der Waals surface area contributed by atoms with Gasteiger partial charge in [0.25, 0.3) is 5.91 Å². The van der Waals surface area contributed by atoms with Gasteiger partial charge in [-0.1, -0.05) is 12.1 Å². The lowest BCUT2D eigenvalue weighted by Gasteiger charge is -2.14. The molecule has 2 aromatic rings. The normalized spacial score (nSPS) is 10.2. The van der Waals surface area contributed by atoms with Crippen molar-refractivity contribution in [3.63, 3.8) is 0 Å². The van der Waals surface area contributed by atoms with E-state index in [4.69, 9.17) is 14.3 Å². The molecule has 0 unspecified atom stereocenters. The molecule has 0 heterocycles. The Morgan fingerprint density at radius 3 is 2.18 bits per heavy atom. The number of ether oxygens (including phenoxy) is 2. The zero-order valence-corrected chi connectivity index (χ0v) is 13.1. The molecule has 0 aromatic heterocycles. The number of methoxy groups -OCH3 is 2. The fourth-order valence-electron chi connectivity index (χ4n) is 2.09. The van der Waals surface area contributed by atoms with Gasteiger partial charge in [-0.3, -0.25) is 9.63 Å². The lowest BCUT2D eigenvalue weighted by molar-refractivity contribution is -0.0756. The molecule has 5 nitrogen and oxygen atoms in total. The molecule has 2 aromatic carbocycles. The fourth-order valence-corrected chi connectivity index (χ4v) is 2.09. The van der Waals surface area contributed by atoms with Gasteiger partial charge in [0.2, 0.25) is 0 Å². The van der Waals surface area contributed by atoms with E-state index in [0.29, 0.717) is 11.3 Å². The highest BCUT2D eigenvalue weighted by atomic mass is 16.7. The van der Waals surface area contributed by atoms with E-state index >= 15 is 0 Å². The summed E-state index contributed by atoms with van der Waals surface area (Å²) in [7, 11) is 6.25. The molecule has 0 bridgehead atoms. The number of hydrogen-bond donors (Lipinski definition) is 0. The molecular formula is C17H19NO4. The standard InChI is InChI=1S/C17H19NO4/c1-18(22-4)17(19)13-7-5-12(6-8-13)15-10-9-14(20-2)11-16(15)21-3/h5-11H,1-4H3. The second-order valence-electron chi connectivity index (χ2n) is 4.63. The van der Waals surface area contributed by atoms with Crippen LogP contribution < -0.4 is 9.47 Å². The molecule has 116 valence electrons. The molecule has 0 saturated carbocycles. The van der Waals surface area contributed by atoms with Crippen LogP contribution in [0.5, 0.6) is 11.5 Å². The summed E-state index contributed by atoms with van der Waals surface area (Å²) in [4.78, 5) is 16.9. The summed E-state index contributed by atoms with van der Waals surface area (Å²) in [6.07, 6.45) is 0. The molecule has 1 amide bonds. The molecule has 0 N–H and O–H groups in total. The summed E-state index contributed by atoms with van der Waals surface area (Å²) in [6, 6.07) is 12.9. The minimum absolute atomic E-state index is 0.198. The van der Waals surface area contributed by atoms with Crippen LogP contribution in [0.1, 0.15) is 10.4 Å². The first kappa shape index (κ1) is 15.9. The summed E-state index contributed by atoms with van der Waals surface area (Å²) < 4.78 is 10.6. The second kappa shape index (κ2) is 6.95. The van der Waals surface area contributed by atoms with Gasteiger partial charge in [-0.2, -0.15) is 0 Å². The molecule has 0 atom stereocenters. The third-order valence-corrected chi connectivity index (χ3v) is 3.41. The van der Waals surface area contributed by atoms with E-state index in [9.17, 15) is 4.79 Å². The van der Waals surface area contributed by atoms with Crippen molar-refractivity contribution in [1.82, 2.24) is 5.06 Å². The molecule has 0 radical (unpaired) electrons.